The van der Waals surface area contributed by atoms with Crippen LogP contribution in [-0.4, -0.2) is 18.4 Å². The third kappa shape index (κ3) is 1.78. The summed E-state index contributed by atoms with van der Waals surface area (Å²) in [5.41, 5.74) is 1.64. The van der Waals surface area contributed by atoms with Crippen molar-refractivity contribution < 1.29 is 9.59 Å². The number of hydrogen-bond donors (Lipinski definition) is 2. The first-order valence-electron chi connectivity index (χ1n) is 5.19. The van der Waals surface area contributed by atoms with E-state index in [2.05, 4.69) is 10.6 Å². The summed E-state index contributed by atoms with van der Waals surface area (Å²) in [4.78, 5) is 22.4. The van der Waals surface area contributed by atoms with Crippen molar-refractivity contribution in [1.29, 1.82) is 0 Å². The molecule has 0 aromatic heterocycles. The summed E-state index contributed by atoms with van der Waals surface area (Å²) in [7, 11) is 0. The average Bonchev–Trinajstić information content (AvgIpc) is 2.25. The summed E-state index contributed by atoms with van der Waals surface area (Å²) >= 11 is 0. The standard InChI is InChI=1S/C12H14N2O2/c1-8-3-5-9(6-4-8)12(2)7-13-10(15)11(16)14-12/h3-6H,7H2,1-2H3,(H,13,15)(H,14,16). The van der Waals surface area contributed by atoms with Crippen molar-refractivity contribution in [3.05, 3.63) is 35.4 Å². The summed E-state index contributed by atoms with van der Waals surface area (Å²) in [6, 6.07) is 7.91. The molecule has 2 N–H and O–H groups in total. The first-order valence-corrected chi connectivity index (χ1v) is 5.19. The lowest BCUT2D eigenvalue weighted by molar-refractivity contribution is -0.142. The van der Waals surface area contributed by atoms with Crippen molar-refractivity contribution in [3.8, 4) is 0 Å². The molecule has 1 aliphatic rings. The van der Waals surface area contributed by atoms with Crippen LogP contribution in [0.5, 0.6) is 0 Å². The van der Waals surface area contributed by atoms with E-state index in [-0.39, 0.29) is 0 Å². The van der Waals surface area contributed by atoms with Gasteiger partial charge in [-0.25, -0.2) is 0 Å². The van der Waals surface area contributed by atoms with Gasteiger partial charge in [-0.15, -0.1) is 0 Å². The molecule has 0 radical (unpaired) electrons. The van der Waals surface area contributed by atoms with Crippen LogP contribution in [0, 0.1) is 6.92 Å². The molecule has 1 atom stereocenters. The van der Waals surface area contributed by atoms with Gasteiger partial charge in [-0.1, -0.05) is 29.8 Å². The molecule has 2 amide bonds. The van der Waals surface area contributed by atoms with E-state index in [9.17, 15) is 9.59 Å². The Morgan fingerprint density at radius 3 is 2.31 bits per heavy atom. The van der Waals surface area contributed by atoms with Gasteiger partial charge in [0.05, 0.1) is 5.54 Å². The maximum Gasteiger partial charge on any atom is 0.310 e. The quantitative estimate of drug-likeness (QED) is 0.673. The van der Waals surface area contributed by atoms with Crippen LogP contribution in [0.15, 0.2) is 24.3 Å². The molecule has 0 bridgehead atoms. The lowest BCUT2D eigenvalue weighted by atomic mass is 9.90. The highest BCUT2D eigenvalue weighted by molar-refractivity contribution is 6.35. The number of hydrogen-bond acceptors (Lipinski definition) is 2. The van der Waals surface area contributed by atoms with Gasteiger partial charge in [0.25, 0.3) is 0 Å². The molecule has 4 heteroatoms. The summed E-state index contributed by atoms with van der Waals surface area (Å²) in [6.45, 7) is 4.32. The molecule has 1 fully saturated rings. The highest BCUT2D eigenvalue weighted by Crippen LogP contribution is 2.22. The molecule has 0 saturated carbocycles. The third-order valence-corrected chi connectivity index (χ3v) is 2.89. The van der Waals surface area contributed by atoms with Crippen molar-refractivity contribution in [2.24, 2.45) is 0 Å². The van der Waals surface area contributed by atoms with Gasteiger partial charge in [-0.3, -0.25) is 9.59 Å². The number of piperazine rings is 1. The number of carbonyl (C=O) groups is 2. The zero-order chi connectivity index (χ0) is 11.8. The van der Waals surface area contributed by atoms with Crippen LogP contribution in [0.3, 0.4) is 0 Å². The van der Waals surface area contributed by atoms with Crippen LogP contribution >= 0.6 is 0 Å². The molecule has 1 unspecified atom stereocenters. The minimum Gasteiger partial charge on any atom is -0.345 e. The van der Waals surface area contributed by atoms with E-state index in [1.54, 1.807) is 0 Å². The van der Waals surface area contributed by atoms with E-state index >= 15 is 0 Å². The Bertz CT molecular complexity index is 439. The monoisotopic (exact) mass is 218 g/mol. The number of aryl methyl sites for hydroxylation is 1. The fourth-order valence-corrected chi connectivity index (χ4v) is 1.78. The lowest BCUT2D eigenvalue weighted by Gasteiger charge is -2.34. The van der Waals surface area contributed by atoms with E-state index in [0.717, 1.165) is 5.56 Å². The minimum atomic E-state index is -0.575. The number of nitrogens with one attached hydrogen (secondary N) is 2. The predicted molar refractivity (Wildman–Crippen MR) is 59.7 cm³/mol. The van der Waals surface area contributed by atoms with E-state index in [1.165, 1.54) is 5.56 Å². The summed E-state index contributed by atoms with van der Waals surface area (Å²) in [5, 5.41) is 5.31. The summed E-state index contributed by atoms with van der Waals surface area (Å²) in [6.07, 6.45) is 0. The van der Waals surface area contributed by atoms with Crippen molar-refractivity contribution in [2.75, 3.05) is 6.54 Å². The van der Waals surface area contributed by atoms with Gasteiger partial charge in [-0.2, -0.15) is 0 Å². The largest absolute Gasteiger partial charge is 0.345 e. The van der Waals surface area contributed by atoms with Gasteiger partial charge >= 0.3 is 11.8 Å². The molecular formula is C12H14N2O2. The molecule has 0 aliphatic carbocycles. The van der Waals surface area contributed by atoms with Crippen LogP contribution in [0.2, 0.25) is 0 Å². The zero-order valence-electron chi connectivity index (χ0n) is 9.33. The number of carbonyl (C=O) groups excluding carboxylic acids is 2. The maximum atomic E-state index is 11.3. The second-order valence-corrected chi connectivity index (χ2v) is 4.33. The lowest BCUT2D eigenvalue weighted by Crippen LogP contribution is -2.60. The topological polar surface area (TPSA) is 58.2 Å². The Labute approximate surface area is 94.0 Å². The average molecular weight is 218 g/mol. The molecule has 1 aromatic carbocycles. The highest BCUT2D eigenvalue weighted by atomic mass is 16.2. The van der Waals surface area contributed by atoms with E-state index in [4.69, 9.17) is 0 Å². The zero-order valence-corrected chi connectivity index (χ0v) is 9.33. The van der Waals surface area contributed by atoms with Gasteiger partial charge in [0.1, 0.15) is 0 Å². The first kappa shape index (κ1) is 10.7. The van der Waals surface area contributed by atoms with Crippen LogP contribution < -0.4 is 10.6 Å². The van der Waals surface area contributed by atoms with Crippen LogP contribution in [0.1, 0.15) is 18.1 Å². The minimum absolute atomic E-state index is 0.417. The Morgan fingerprint density at radius 1 is 1.12 bits per heavy atom. The summed E-state index contributed by atoms with van der Waals surface area (Å²) in [5.74, 6) is -1.14. The van der Waals surface area contributed by atoms with Gasteiger partial charge in [0, 0.05) is 6.54 Å². The molecule has 1 heterocycles. The molecular weight excluding hydrogens is 204 g/mol. The molecule has 16 heavy (non-hydrogen) atoms. The Morgan fingerprint density at radius 2 is 1.75 bits per heavy atom. The fraction of sp³-hybridized carbons (Fsp3) is 0.333. The van der Waals surface area contributed by atoms with Gasteiger partial charge in [0.2, 0.25) is 0 Å². The van der Waals surface area contributed by atoms with Crippen LogP contribution in [-0.2, 0) is 15.1 Å². The Hall–Kier alpha value is -1.84. The molecule has 4 nitrogen and oxygen atoms in total. The van der Waals surface area contributed by atoms with Crippen LogP contribution in [0.4, 0.5) is 0 Å². The SMILES string of the molecule is Cc1ccc(C2(C)CNC(=O)C(=O)N2)cc1. The number of rotatable bonds is 1. The van der Waals surface area contributed by atoms with Crippen molar-refractivity contribution in [3.63, 3.8) is 0 Å². The molecule has 0 spiro atoms. The highest BCUT2D eigenvalue weighted by Gasteiger charge is 2.35. The Balaban J connectivity index is 2.29. The third-order valence-electron chi connectivity index (χ3n) is 2.89. The van der Waals surface area contributed by atoms with E-state index < -0.39 is 17.4 Å². The number of amides is 2. The second-order valence-electron chi connectivity index (χ2n) is 4.33. The van der Waals surface area contributed by atoms with E-state index in [0.29, 0.717) is 6.54 Å². The second kappa shape index (κ2) is 3.63. The van der Waals surface area contributed by atoms with Gasteiger partial charge in [-0.05, 0) is 19.4 Å². The smallest absolute Gasteiger partial charge is 0.310 e. The summed E-state index contributed by atoms with van der Waals surface area (Å²) < 4.78 is 0. The molecule has 1 aromatic rings. The van der Waals surface area contributed by atoms with Crippen molar-refractivity contribution >= 4 is 11.8 Å². The maximum absolute atomic E-state index is 11.3. The van der Waals surface area contributed by atoms with Gasteiger partial charge < -0.3 is 10.6 Å². The van der Waals surface area contributed by atoms with Crippen LogP contribution in [0.25, 0.3) is 0 Å². The normalized spacial score (nSPS) is 24.9. The Kier molecular flexibility index (Phi) is 2.42. The number of benzene rings is 1. The fourth-order valence-electron chi connectivity index (χ4n) is 1.78. The van der Waals surface area contributed by atoms with Crippen molar-refractivity contribution in [1.82, 2.24) is 10.6 Å². The predicted octanol–water partition coefficient (Wildman–Crippen LogP) is 0.456. The molecule has 84 valence electrons. The van der Waals surface area contributed by atoms with Gasteiger partial charge in [0.15, 0.2) is 0 Å². The molecule has 1 saturated heterocycles. The van der Waals surface area contributed by atoms with Crippen molar-refractivity contribution in [2.45, 2.75) is 19.4 Å². The first-order chi connectivity index (χ1) is 7.51. The van der Waals surface area contributed by atoms with E-state index in [1.807, 2.05) is 38.1 Å². The molecule has 1 aliphatic heterocycles. The molecule has 2 rings (SSSR count).